The molecule has 1 aromatic rings. The second-order valence-corrected chi connectivity index (χ2v) is 7.92. The van der Waals surface area contributed by atoms with Crippen molar-refractivity contribution in [1.82, 2.24) is 15.1 Å². The highest BCUT2D eigenvalue weighted by Crippen LogP contribution is 2.24. The number of hydrogen-bond acceptors (Lipinski definition) is 4. The summed E-state index contributed by atoms with van der Waals surface area (Å²) >= 11 is 0. The van der Waals surface area contributed by atoms with Crippen LogP contribution in [0, 0.1) is 12.8 Å². The number of nitrogens with one attached hydrogen (secondary N) is 1. The molecule has 8 heteroatoms. The second kappa shape index (κ2) is 8.41. The minimum Gasteiger partial charge on any atom is -0.381 e. The van der Waals surface area contributed by atoms with Crippen LogP contribution in [0.1, 0.15) is 28.8 Å². The number of ether oxygens (including phenoxy) is 1. The molecule has 0 aromatic heterocycles. The topological polar surface area (TPSA) is 82.2 Å². The third-order valence-electron chi connectivity index (χ3n) is 5.98. The highest BCUT2D eigenvalue weighted by Gasteiger charge is 2.30. The molecule has 0 bridgehead atoms. The van der Waals surface area contributed by atoms with Crippen LogP contribution >= 0.6 is 0 Å². The van der Waals surface area contributed by atoms with E-state index in [0.29, 0.717) is 58.0 Å². The van der Waals surface area contributed by atoms with Crippen molar-refractivity contribution in [2.45, 2.75) is 19.8 Å². The summed E-state index contributed by atoms with van der Waals surface area (Å²) in [6.45, 7) is 6.68. The van der Waals surface area contributed by atoms with E-state index in [9.17, 15) is 14.4 Å². The molecule has 1 aromatic carbocycles. The minimum absolute atomic E-state index is 0.0384. The highest BCUT2D eigenvalue weighted by atomic mass is 16.5. The van der Waals surface area contributed by atoms with Gasteiger partial charge in [-0.15, -0.1) is 0 Å². The first kappa shape index (κ1) is 19.7. The zero-order chi connectivity index (χ0) is 20.4. The number of amides is 4. The molecule has 1 atom stereocenters. The minimum atomic E-state index is -0.127. The van der Waals surface area contributed by atoms with E-state index >= 15 is 0 Å². The molecule has 3 aliphatic rings. The van der Waals surface area contributed by atoms with E-state index in [-0.39, 0.29) is 23.8 Å². The van der Waals surface area contributed by atoms with Gasteiger partial charge in [-0.25, -0.2) is 4.79 Å². The molecule has 29 heavy (non-hydrogen) atoms. The lowest BCUT2D eigenvalue weighted by atomic mass is 10.1. The van der Waals surface area contributed by atoms with Crippen molar-refractivity contribution >= 4 is 23.5 Å². The molecule has 4 rings (SSSR count). The van der Waals surface area contributed by atoms with E-state index in [0.717, 1.165) is 24.1 Å². The summed E-state index contributed by atoms with van der Waals surface area (Å²) in [7, 11) is 0. The first-order valence-corrected chi connectivity index (χ1v) is 10.4. The van der Waals surface area contributed by atoms with Crippen molar-refractivity contribution in [2.24, 2.45) is 5.92 Å². The third-order valence-corrected chi connectivity index (χ3v) is 5.98. The summed E-state index contributed by atoms with van der Waals surface area (Å²) in [4.78, 5) is 43.2. The van der Waals surface area contributed by atoms with Crippen molar-refractivity contribution in [3.05, 3.63) is 29.3 Å². The molecule has 0 saturated carbocycles. The Labute approximate surface area is 170 Å². The van der Waals surface area contributed by atoms with Crippen LogP contribution in [-0.4, -0.2) is 80.1 Å². The average Bonchev–Trinajstić information content (AvgIpc) is 3.34. The number of carbonyl (C=O) groups excluding carboxylic acids is 3. The Morgan fingerprint density at radius 3 is 2.62 bits per heavy atom. The molecule has 3 saturated heterocycles. The lowest BCUT2D eigenvalue weighted by Crippen LogP contribution is -2.40. The maximum Gasteiger partial charge on any atom is 0.322 e. The van der Waals surface area contributed by atoms with E-state index in [2.05, 4.69) is 5.32 Å². The Hall–Kier alpha value is -2.61. The van der Waals surface area contributed by atoms with Gasteiger partial charge in [0.2, 0.25) is 5.91 Å². The first-order valence-electron chi connectivity index (χ1n) is 10.4. The second-order valence-electron chi connectivity index (χ2n) is 7.92. The molecule has 3 heterocycles. The molecule has 0 aliphatic carbocycles. The molecular formula is C21H28N4O4. The van der Waals surface area contributed by atoms with Crippen molar-refractivity contribution in [3.63, 3.8) is 0 Å². The van der Waals surface area contributed by atoms with Gasteiger partial charge in [-0.2, -0.15) is 0 Å². The van der Waals surface area contributed by atoms with E-state index < -0.39 is 0 Å². The number of rotatable bonds is 3. The number of carbonyl (C=O) groups is 3. The molecule has 3 fully saturated rings. The molecule has 4 amide bonds. The van der Waals surface area contributed by atoms with Gasteiger partial charge in [-0.3, -0.25) is 14.5 Å². The smallest absolute Gasteiger partial charge is 0.322 e. The molecule has 0 spiro atoms. The van der Waals surface area contributed by atoms with Gasteiger partial charge in [0.05, 0.1) is 12.5 Å². The van der Waals surface area contributed by atoms with Crippen LogP contribution < -0.4 is 10.2 Å². The quantitative estimate of drug-likeness (QED) is 0.828. The lowest BCUT2D eigenvalue weighted by Gasteiger charge is -2.24. The third kappa shape index (κ3) is 4.07. The summed E-state index contributed by atoms with van der Waals surface area (Å²) in [5.74, 6) is 0.0577. The Bertz CT molecular complexity index is 806. The summed E-state index contributed by atoms with van der Waals surface area (Å²) in [6, 6.07) is 5.39. The van der Waals surface area contributed by atoms with Crippen LogP contribution in [-0.2, 0) is 9.53 Å². The maximum absolute atomic E-state index is 13.1. The highest BCUT2D eigenvalue weighted by molar-refractivity contribution is 5.99. The summed E-state index contributed by atoms with van der Waals surface area (Å²) in [5, 5.41) is 2.80. The fourth-order valence-electron chi connectivity index (χ4n) is 4.25. The van der Waals surface area contributed by atoms with Crippen molar-refractivity contribution in [1.29, 1.82) is 0 Å². The van der Waals surface area contributed by atoms with Gasteiger partial charge in [-0.05, 0) is 37.5 Å². The van der Waals surface area contributed by atoms with Crippen LogP contribution in [0.15, 0.2) is 18.2 Å². The van der Waals surface area contributed by atoms with Gasteiger partial charge in [0, 0.05) is 57.1 Å². The Balaban J connectivity index is 1.44. The van der Waals surface area contributed by atoms with Gasteiger partial charge in [0.1, 0.15) is 0 Å². The first-order chi connectivity index (χ1) is 14.0. The Kier molecular flexibility index (Phi) is 5.71. The summed E-state index contributed by atoms with van der Waals surface area (Å²) in [6.07, 6.45) is 1.55. The van der Waals surface area contributed by atoms with Gasteiger partial charge in [0.25, 0.3) is 5.91 Å². The largest absolute Gasteiger partial charge is 0.381 e. The number of benzene rings is 1. The zero-order valence-electron chi connectivity index (χ0n) is 16.9. The van der Waals surface area contributed by atoms with Crippen molar-refractivity contribution < 1.29 is 19.1 Å². The van der Waals surface area contributed by atoms with E-state index in [4.69, 9.17) is 4.74 Å². The molecule has 0 radical (unpaired) electrons. The normalized spacial score (nSPS) is 22.6. The van der Waals surface area contributed by atoms with Crippen LogP contribution in [0.2, 0.25) is 0 Å². The van der Waals surface area contributed by atoms with Crippen LogP contribution in [0.3, 0.4) is 0 Å². The number of hydrogen-bond donors (Lipinski definition) is 1. The number of urea groups is 1. The Morgan fingerprint density at radius 1 is 1.10 bits per heavy atom. The monoisotopic (exact) mass is 400 g/mol. The van der Waals surface area contributed by atoms with Crippen LogP contribution in [0.4, 0.5) is 10.5 Å². The fraction of sp³-hybridized carbons (Fsp3) is 0.571. The number of anilines is 1. The standard InChI is InChI=1S/C21H28N4O4/c1-15-3-4-16(13-18(15)25-9-6-22-21(25)28)19(26)23-7-2-8-24(11-10-23)20(27)17-5-12-29-14-17/h3-4,13,17H,2,5-12,14H2,1H3,(H,22,28). The van der Waals surface area contributed by atoms with Gasteiger partial charge in [0.15, 0.2) is 0 Å². The molecule has 156 valence electrons. The van der Waals surface area contributed by atoms with Crippen LogP contribution in [0.25, 0.3) is 0 Å². The van der Waals surface area contributed by atoms with E-state index in [1.165, 1.54) is 0 Å². The SMILES string of the molecule is Cc1ccc(C(=O)N2CCCN(C(=O)C3CCOC3)CC2)cc1N1CCNC1=O. The molecule has 8 nitrogen and oxygen atoms in total. The molecular weight excluding hydrogens is 372 g/mol. The number of aryl methyl sites for hydroxylation is 1. The van der Waals surface area contributed by atoms with E-state index in [1.807, 2.05) is 34.9 Å². The van der Waals surface area contributed by atoms with Crippen LogP contribution in [0.5, 0.6) is 0 Å². The predicted octanol–water partition coefficient (Wildman–Crippen LogP) is 1.24. The lowest BCUT2D eigenvalue weighted by molar-refractivity contribution is -0.135. The average molecular weight is 400 g/mol. The fourth-order valence-corrected chi connectivity index (χ4v) is 4.25. The summed E-state index contributed by atoms with van der Waals surface area (Å²) in [5.41, 5.74) is 2.32. The van der Waals surface area contributed by atoms with Gasteiger partial charge < -0.3 is 19.9 Å². The molecule has 3 aliphatic heterocycles. The number of nitrogens with zero attached hydrogens (tertiary/aromatic N) is 3. The zero-order valence-corrected chi connectivity index (χ0v) is 16.9. The molecule has 1 N–H and O–H groups in total. The van der Waals surface area contributed by atoms with Crippen molar-refractivity contribution in [3.8, 4) is 0 Å². The van der Waals surface area contributed by atoms with Crippen molar-refractivity contribution in [2.75, 3.05) is 57.4 Å². The Morgan fingerprint density at radius 2 is 1.90 bits per heavy atom. The predicted molar refractivity (Wildman–Crippen MR) is 108 cm³/mol. The van der Waals surface area contributed by atoms with E-state index in [1.54, 1.807) is 4.90 Å². The molecule has 1 unspecified atom stereocenters. The maximum atomic E-state index is 13.1. The van der Waals surface area contributed by atoms with Gasteiger partial charge in [-0.1, -0.05) is 6.07 Å². The summed E-state index contributed by atoms with van der Waals surface area (Å²) < 4.78 is 5.34. The van der Waals surface area contributed by atoms with Gasteiger partial charge >= 0.3 is 6.03 Å².